The molecule has 33 heavy (non-hydrogen) atoms. The lowest BCUT2D eigenvalue weighted by molar-refractivity contribution is 0.0600. The molecular weight excluding hydrogens is 436 g/mol. The first-order valence-electron chi connectivity index (χ1n) is 10.3. The fraction of sp³-hybridized carbons (Fsp3) is 0.120. The fourth-order valence-electron chi connectivity index (χ4n) is 3.49. The van der Waals surface area contributed by atoms with Crippen molar-refractivity contribution in [3.05, 3.63) is 95.6 Å². The number of benzene rings is 3. The van der Waals surface area contributed by atoms with E-state index >= 15 is 0 Å². The number of esters is 1. The summed E-state index contributed by atoms with van der Waals surface area (Å²) in [5.74, 6) is 0.748. The van der Waals surface area contributed by atoms with Gasteiger partial charge in [-0.25, -0.2) is 4.79 Å². The average Bonchev–Trinajstić information content (AvgIpc) is 3.04. The molecule has 5 rings (SSSR count). The van der Waals surface area contributed by atoms with Crippen LogP contribution >= 0.6 is 11.8 Å². The predicted octanol–water partition coefficient (Wildman–Crippen LogP) is 5.12. The zero-order valence-electron chi connectivity index (χ0n) is 17.8. The highest BCUT2D eigenvalue weighted by Crippen LogP contribution is 2.39. The van der Waals surface area contributed by atoms with Crippen molar-refractivity contribution >= 4 is 23.4 Å². The van der Waals surface area contributed by atoms with Gasteiger partial charge in [-0.2, -0.15) is 4.98 Å². The van der Waals surface area contributed by atoms with Crippen LogP contribution in [0.2, 0.25) is 0 Å². The molecule has 1 aliphatic heterocycles. The van der Waals surface area contributed by atoms with E-state index in [1.165, 1.54) is 24.4 Å². The second kappa shape index (κ2) is 9.30. The number of fused-ring (bicyclic) bond motifs is 3. The van der Waals surface area contributed by atoms with Crippen LogP contribution in [-0.2, 0) is 10.5 Å². The van der Waals surface area contributed by atoms with Gasteiger partial charge in [0, 0.05) is 22.6 Å². The Morgan fingerprint density at radius 3 is 2.55 bits per heavy atom. The number of rotatable bonds is 5. The van der Waals surface area contributed by atoms with Crippen LogP contribution < -0.4 is 10.1 Å². The lowest BCUT2D eigenvalue weighted by Crippen LogP contribution is -2.17. The minimum atomic E-state index is -0.525. The van der Waals surface area contributed by atoms with Crippen molar-refractivity contribution in [2.45, 2.75) is 17.1 Å². The topological polar surface area (TPSA) is 86.2 Å². The van der Waals surface area contributed by atoms with E-state index in [9.17, 15) is 4.79 Å². The molecule has 3 aromatic carbocycles. The van der Waals surface area contributed by atoms with E-state index in [2.05, 4.69) is 32.6 Å². The molecule has 164 valence electrons. The maximum absolute atomic E-state index is 11.8. The first-order valence-corrected chi connectivity index (χ1v) is 11.3. The number of carbonyl (C=O) groups is 1. The Kier molecular flexibility index (Phi) is 5.91. The van der Waals surface area contributed by atoms with E-state index in [-0.39, 0.29) is 5.97 Å². The molecule has 0 fully saturated rings. The summed E-state index contributed by atoms with van der Waals surface area (Å²) in [4.78, 5) is 16.5. The molecule has 0 bridgehead atoms. The van der Waals surface area contributed by atoms with Gasteiger partial charge in [-0.05, 0) is 23.8 Å². The highest BCUT2D eigenvalue weighted by Gasteiger charge is 2.26. The Bertz CT molecular complexity index is 1280. The van der Waals surface area contributed by atoms with E-state index in [0.717, 1.165) is 22.6 Å². The predicted molar refractivity (Wildman–Crippen MR) is 126 cm³/mol. The molecule has 1 aromatic heterocycles. The van der Waals surface area contributed by atoms with Gasteiger partial charge in [-0.15, -0.1) is 10.2 Å². The summed E-state index contributed by atoms with van der Waals surface area (Å²) in [6.07, 6.45) is -0.525. The van der Waals surface area contributed by atoms with Crippen molar-refractivity contribution in [3.8, 4) is 17.1 Å². The lowest BCUT2D eigenvalue weighted by Gasteiger charge is -2.19. The van der Waals surface area contributed by atoms with Crippen molar-refractivity contribution in [1.82, 2.24) is 15.2 Å². The molecule has 0 amide bonds. The maximum atomic E-state index is 11.8. The van der Waals surface area contributed by atoms with Crippen LogP contribution in [-0.4, -0.2) is 28.3 Å². The van der Waals surface area contributed by atoms with Crippen LogP contribution in [0.5, 0.6) is 5.88 Å². The van der Waals surface area contributed by atoms with Gasteiger partial charge in [0.1, 0.15) is 0 Å². The van der Waals surface area contributed by atoms with Gasteiger partial charge in [0.05, 0.1) is 12.7 Å². The number of hydrogen-bond acceptors (Lipinski definition) is 8. The summed E-state index contributed by atoms with van der Waals surface area (Å²) in [5, 5.41) is 12.7. The Morgan fingerprint density at radius 2 is 1.76 bits per heavy atom. The number of methoxy groups -OCH3 is 1. The first-order chi connectivity index (χ1) is 16.2. The minimum Gasteiger partial charge on any atom is -0.465 e. The van der Waals surface area contributed by atoms with E-state index in [0.29, 0.717) is 22.3 Å². The van der Waals surface area contributed by atoms with Gasteiger partial charge < -0.3 is 14.8 Å². The molecule has 0 unspecified atom stereocenters. The molecular formula is C25H20N4O3S. The standard InChI is InChI=1S/C25H20N4O3S/c1-31-24(30)18-13-11-17(12-14-18)22-26-20-10-6-5-9-19(20)21-23(32-22)27-25(29-28-21)33-15-16-7-3-2-4-8-16/h2-14,22,26H,15H2,1H3/t22-/m1/s1. The summed E-state index contributed by atoms with van der Waals surface area (Å²) >= 11 is 1.50. The van der Waals surface area contributed by atoms with Crippen molar-refractivity contribution in [2.24, 2.45) is 0 Å². The number of hydrogen-bond donors (Lipinski definition) is 1. The number of ether oxygens (including phenoxy) is 2. The number of nitrogens with zero attached hydrogens (tertiary/aromatic N) is 3. The lowest BCUT2D eigenvalue weighted by atomic mass is 10.1. The molecule has 8 heteroatoms. The maximum Gasteiger partial charge on any atom is 0.337 e. The smallest absolute Gasteiger partial charge is 0.337 e. The molecule has 0 radical (unpaired) electrons. The third-order valence-electron chi connectivity index (χ3n) is 5.18. The molecule has 0 saturated carbocycles. The third kappa shape index (κ3) is 4.51. The largest absolute Gasteiger partial charge is 0.465 e. The molecule has 7 nitrogen and oxygen atoms in total. The minimum absolute atomic E-state index is 0.385. The second-order valence-electron chi connectivity index (χ2n) is 7.32. The number of aromatic nitrogens is 3. The Balaban J connectivity index is 1.47. The van der Waals surface area contributed by atoms with Crippen LogP contribution in [0.1, 0.15) is 27.7 Å². The monoisotopic (exact) mass is 456 g/mol. The van der Waals surface area contributed by atoms with E-state index < -0.39 is 6.23 Å². The summed E-state index contributed by atoms with van der Waals surface area (Å²) in [6.45, 7) is 0. The number of anilines is 1. The van der Waals surface area contributed by atoms with Crippen LogP contribution in [0.15, 0.2) is 84.0 Å². The first kappa shape index (κ1) is 21.0. The van der Waals surface area contributed by atoms with Crippen LogP contribution in [0.3, 0.4) is 0 Å². The fourth-order valence-corrected chi connectivity index (χ4v) is 4.23. The molecule has 0 aliphatic carbocycles. The molecule has 2 heterocycles. The van der Waals surface area contributed by atoms with E-state index in [1.807, 2.05) is 54.6 Å². The molecule has 0 spiro atoms. The zero-order valence-corrected chi connectivity index (χ0v) is 18.6. The highest BCUT2D eigenvalue weighted by atomic mass is 32.2. The van der Waals surface area contributed by atoms with E-state index in [4.69, 9.17) is 9.47 Å². The Morgan fingerprint density at radius 1 is 1.00 bits per heavy atom. The third-order valence-corrected chi connectivity index (χ3v) is 6.09. The van der Waals surface area contributed by atoms with Crippen LogP contribution in [0.4, 0.5) is 5.69 Å². The molecule has 1 atom stereocenters. The summed E-state index contributed by atoms with van der Waals surface area (Å²) < 4.78 is 11.1. The quantitative estimate of drug-likeness (QED) is 0.327. The summed E-state index contributed by atoms with van der Waals surface area (Å²) in [7, 11) is 1.36. The van der Waals surface area contributed by atoms with Crippen molar-refractivity contribution < 1.29 is 14.3 Å². The van der Waals surface area contributed by atoms with Gasteiger partial charge in [0.15, 0.2) is 11.9 Å². The van der Waals surface area contributed by atoms with Gasteiger partial charge in [0.2, 0.25) is 11.0 Å². The second-order valence-corrected chi connectivity index (χ2v) is 8.27. The van der Waals surface area contributed by atoms with Crippen molar-refractivity contribution in [2.75, 3.05) is 12.4 Å². The number of para-hydroxylation sites is 1. The van der Waals surface area contributed by atoms with Gasteiger partial charge in [-0.1, -0.05) is 72.4 Å². The normalized spacial score (nSPS) is 14.2. The number of nitrogens with one attached hydrogen (secondary N) is 1. The summed E-state index contributed by atoms with van der Waals surface area (Å²) in [5.41, 5.74) is 4.79. The Labute approximate surface area is 195 Å². The van der Waals surface area contributed by atoms with Crippen LogP contribution in [0, 0.1) is 0 Å². The Hall–Kier alpha value is -3.91. The van der Waals surface area contributed by atoms with Gasteiger partial charge in [0.25, 0.3) is 0 Å². The van der Waals surface area contributed by atoms with Crippen molar-refractivity contribution in [3.63, 3.8) is 0 Å². The highest BCUT2D eigenvalue weighted by molar-refractivity contribution is 7.98. The molecule has 1 N–H and O–H groups in total. The molecule has 0 saturated heterocycles. The van der Waals surface area contributed by atoms with Gasteiger partial charge in [-0.3, -0.25) is 0 Å². The van der Waals surface area contributed by atoms with E-state index in [1.54, 1.807) is 12.1 Å². The van der Waals surface area contributed by atoms with Crippen LogP contribution in [0.25, 0.3) is 11.3 Å². The van der Waals surface area contributed by atoms with Gasteiger partial charge >= 0.3 is 5.97 Å². The number of thioether (sulfide) groups is 1. The van der Waals surface area contributed by atoms with Crippen molar-refractivity contribution in [1.29, 1.82) is 0 Å². The average molecular weight is 457 g/mol. The summed E-state index contributed by atoms with van der Waals surface area (Å²) in [6, 6.07) is 25.0. The molecule has 1 aliphatic rings. The molecule has 4 aromatic rings. The zero-order chi connectivity index (χ0) is 22.6. The number of carbonyl (C=O) groups excluding carboxylic acids is 1. The SMILES string of the molecule is COC(=O)c1ccc([C@@H]2Nc3ccccc3-c3nnc(SCc4ccccc4)nc3O2)cc1.